The van der Waals surface area contributed by atoms with E-state index in [0.29, 0.717) is 17.7 Å². The minimum Gasteiger partial charge on any atom is -0.388 e. The van der Waals surface area contributed by atoms with Crippen LogP contribution in [0.15, 0.2) is 24.4 Å². The van der Waals surface area contributed by atoms with Gasteiger partial charge in [0, 0.05) is 34.3 Å². The van der Waals surface area contributed by atoms with E-state index in [4.69, 9.17) is 4.98 Å². The summed E-state index contributed by atoms with van der Waals surface area (Å²) in [6.45, 7) is 8.21. The zero-order valence-corrected chi connectivity index (χ0v) is 19.5. The average Bonchev–Trinajstić information content (AvgIpc) is 3.25. The minimum atomic E-state index is -4.54. The van der Waals surface area contributed by atoms with Crippen LogP contribution in [0, 0.1) is 5.41 Å². The lowest BCUT2D eigenvalue weighted by molar-refractivity contribution is -0.141. The van der Waals surface area contributed by atoms with Crippen molar-refractivity contribution in [3.05, 3.63) is 63.7 Å². The predicted molar refractivity (Wildman–Crippen MR) is 121 cm³/mol. The fourth-order valence-corrected chi connectivity index (χ4v) is 5.19. The number of aromatic nitrogens is 2. The van der Waals surface area contributed by atoms with E-state index in [1.54, 1.807) is 0 Å². The number of hydrogen-bond acceptors (Lipinski definition) is 4. The number of nitrogens with zero attached hydrogens (tertiary/aromatic N) is 2. The maximum Gasteiger partial charge on any atom is 0.433 e. The Hall–Kier alpha value is -2.25. The molecule has 4 nitrogen and oxygen atoms in total. The fraction of sp³-hybridized carbons (Fsp3) is 0.538. The summed E-state index contributed by atoms with van der Waals surface area (Å²) in [5.74, 6) is -0.0229. The van der Waals surface area contributed by atoms with Crippen molar-refractivity contribution in [2.75, 3.05) is 0 Å². The summed E-state index contributed by atoms with van der Waals surface area (Å²) >= 11 is 0. The highest BCUT2D eigenvalue weighted by Crippen LogP contribution is 2.48. The molecule has 0 spiro atoms. The Balaban J connectivity index is 1.94. The topological polar surface area (TPSA) is 66.2 Å². The zero-order valence-electron chi connectivity index (χ0n) is 19.5. The Labute approximate surface area is 192 Å². The van der Waals surface area contributed by atoms with Crippen molar-refractivity contribution in [1.29, 1.82) is 0 Å². The molecule has 0 aliphatic heterocycles. The Morgan fingerprint density at radius 2 is 1.91 bits per heavy atom. The maximum absolute atomic E-state index is 13.0. The number of alkyl halides is 3. The zero-order chi connectivity index (χ0) is 24.1. The van der Waals surface area contributed by atoms with Crippen LogP contribution in [0.1, 0.15) is 111 Å². The largest absolute Gasteiger partial charge is 0.433 e. The van der Waals surface area contributed by atoms with Gasteiger partial charge >= 0.3 is 6.18 Å². The van der Waals surface area contributed by atoms with Gasteiger partial charge in [-0.05, 0) is 60.6 Å². The highest BCUT2D eigenvalue weighted by molar-refractivity contribution is 5.75. The highest BCUT2D eigenvalue weighted by Gasteiger charge is 2.38. The van der Waals surface area contributed by atoms with E-state index in [1.165, 1.54) is 6.07 Å². The van der Waals surface area contributed by atoms with Gasteiger partial charge in [-0.2, -0.15) is 13.2 Å². The predicted octanol–water partition coefficient (Wildman–Crippen LogP) is 6.27. The molecule has 2 N–H and O–H groups in total. The highest BCUT2D eigenvalue weighted by atomic mass is 19.4. The molecule has 2 aromatic rings. The van der Waals surface area contributed by atoms with E-state index >= 15 is 0 Å². The van der Waals surface area contributed by atoms with E-state index in [9.17, 15) is 23.4 Å². The molecule has 0 bridgehead atoms. The molecule has 0 fully saturated rings. The van der Waals surface area contributed by atoms with E-state index in [2.05, 4.69) is 24.9 Å². The van der Waals surface area contributed by atoms with Crippen molar-refractivity contribution < 1.29 is 23.4 Å². The van der Waals surface area contributed by atoms with Crippen LogP contribution in [0.4, 0.5) is 13.2 Å². The summed E-state index contributed by atoms with van der Waals surface area (Å²) in [5.41, 5.74) is 3.99. The first-order valence-electron chi connectivity index (χ1n) is 11.5. The third-order valence-corrected chi connectivity index (χ3v) is 6.68. The number of hydrogen-bond donors (Lipinski definition) is 2. The fourth-order valence-electron chi connectivity index (χ4n) is 5.19. The van der Waals surface area contributed by atoms with Gasteiger partial charge in [-0.25, -0.2) is 0 Å². The van der Waals surface area contributed by atoms with E-state index in [-0.39, 0.29) is 16.9 Å². The van der Waals surface area contributed by atoms with Crippen molar-refractivity contribution in [3.8, 4) is 0 Å². The number of pyridine rings is 2. The van der Waals surface area contributed by atoms with Gasteiger partial charge in [-0.15, -0.1) is 0 Å². The van der Waals surface area contributed by atoms with E-state index in [0.717, 1.165) is 60.3 Å². The van der Waals surface area contributed by atoms with Crippen LogP contribution in [0.25, 0.3) is 5.57 Å². The second-order valence-electron chi connectivity index (χ2n) is 10.4. The third-order valence-electron chi connectivity index (χ3n) is 6.68. The molecular formula is C26H31F3N2O2. The molecular weight excluding hydrogens is 429 g/mol. The quantitative estimate of drug-likeness (QED) is 0.564. The molecule has 0 saturated heterocycles. The third kappa shape index (κ3) is 4.58. The van der Waals surface area contributed by atoms with Crippen molar-refractivity contribution in [2.24, 2.45) is 5.41 Å². The molecule has 178 valence electrons. The lowest BCUT2D eigenvalue weighted by atomic mass is 9.71. The minimum absolute atomic E-state index is 0.0229. The van der Waals surface area contributed by atoms with Crippen LogP contribution < -0.4 is 0 Å². The van der Waals surface area contributed by atoms with E-state index in [1.807, 2.05) is 13.8 Å². The average molecular weight is 461 g/mol. The summed E-state index contributed by atoms with van der Waals surface area (Å²) in [4.78, 5) is 8.50. The SMILES string of the molecule is CC(C)c1nc2c(c(C3=CCCC3)c1[C@@H](O)c1ccc(C(F)(F)F)nc1)C(O)CC(C)(C)C2. The molecule has 0 saturated carbocycles. The molecule has 0 aromatic carbocycles. The molecule has 33 heavy (non-hydrogen) atoms. The molecule has 4 rings (SSSR count). The Bertz CT molecular complexity index is 1070. The molecule has 0 amide bonds. The molecule has 0 radical (unpaired) electrons. The summed E-state index contributed by atoms with van der Waals surface area (Å²) in [7, 11) is 0. The van der Waals surface area contributed by atoms with Gasteiger partial charge in [0.2, 0.25) is 0 Å². The van der Waals surface area contributed by atoms with Crippen molar-refractivity contribution in [2.45, 2.75) is 84.1 Å². The van der Waals surface area contributed by atoms with Crippen LogP contribution in [0.3, 0.4) is 0 Å². The van der Waals surface area contributed by atoms with Crippen LogP contribution in [0.5, 0.6) is 0 Å². The Kier molecular flexibility index (Phi) is 6.16. The van der Waals surface area contributed by atoms with Crippen LogP contribution in [0.2, 0.25) is 0 Å². The van der Waals surface area contributed by atoms with Crippen LogP contribution in [-0.4, -0.2) is 20.2 Å². The van der Waals surface area contributed by atoms with Crippen molar-refractivity contribution in [3.63, 3.8) is 0 Å². The van der Waals surface area contributed by atoms with Gasteiger partial charge < -0.3 is 10.2 Å². The molecule has 2 aromatic heterocycles. The second-order valence-corrected chi connectivity index (χ2v) is 10.4. The Morgan fingerprint density at radius 3 is 2.45 bits per heavy atom. The summed E-state index contributed by atoms with van der Waals surface area (Å²) in [6.07, 6.45) is 0.810. The number of rotatable bonds is 4. The molecule has 2 heterocycles. The van der Waals surface area contributed by atoms with Gasteiger partial charge in [0.05, 0.1) is 6.10 Å². The smallest absolute Gasteiger partial charge is 0.388 e. The van der Waals surface area contributed by atoms with Crippen LogP contribution >= 0.6 is 0 Å². The van der Waals surface area contributed by atoms with E-state index < -0.39 is 24.1 Å². The first-order valence-corrected chi connectivity index (χ1v) is 11.5. The number of fused-ring (bicyclic) bond motifs is 1. The number of halogens is 3. The number of aliphatic hydroxyl groups is 2. The second kappa shape index (κ2) is 8.51. The first kappa shape index (κ1) is 23.9. The van der Waals surface area contributed by atoms with Crippen molar-refractivity contribution in [1.82, 2.24) is 9.97 Å². The molecule has 7 heteroatoms. The molecule has 2 aliphatic rings. The first-order chi connectivity index (χ1) is 15.4. The lowest BCUT2D eigenvalue weighted by Crippen LogP contribution is -2.29. The normalized spacial score (nSPS) is 21.2. The van der Waals surface area contributed by atoms with Crippen molar-refractivity contribution >= 4 is 5.57 Å². The molecule has 2 atom stereocenters. The maximum atomic E-state index is 13.0. The number of allylic oxidation sites excluding steroid dienone is 2. The molecule has 2 aliphatic carbocycles. The summed E-state index contributed by atoms with van der Waals surface area (Å²) in [6, 6.07) is 2.17. The van der Waals surface area contributed by atoms with Crippen LogP contribution in [-0.2, 0) is 12.6 Å². The molecule has 1 unspecified atom stereocenters. The lowest BCUT2D eigenvalue weighted by Gasteiger charge is -2.37. The summed E-state index contributed by atoms with van der Waals surface area (Å²) < 4.78 is 39.0. The van der Waals surface area contributed by atoms with Gasteiger partial charge in [-0.1, -0.05) is 39.8 Å². The van der Waals surface area contributed by atoms with Gasteiger partial charge in [0.25, 0.3) is 0 Å². The van der Waals surface area contributed by atoms with Gasteiger partial charge in [-0.3, -0.25) is 9.97 Å². The monoisotopic (exact) mass is 460 g/mol. The standard InChI is InChI=1S/C26H31F3N2O2/c1-14(2)23-22(24(33)16-9-10-19(30-13-16)26(27,28)29)20(15-7-5-6-8-15)21-17(31-23)11-25(3,4)12-18(21)32/h7,9-10,13-14,18,24,32-33H,5-6,8,11-12H2,1-4H3/t18?,24-/m0/s1. The van der Waals surface area contributed by atoms with Gasteiger partial charge in [0.15, 0.2) is 0 Å². The Morgan fingerprint density at radius 1 is 1.18 bits per heavy atom. The van der Waals surface area contributed by atoms with Gasteiger partial charge in [0.1, 0.15) is 11.8 Å². The number of aliphatic hydroxyl groups excluding tert-OH is 2. The summed E-state index contributed by atoms with van der Waals surface area (Å²) in [5, 5.41) is 22.7.